The molecule has 0 bridgehead atoms. The van der Waals surface area contributed by atoms with Crippen molar-refractivity contribution in [2.75, 3.05) is 7.11 Å². The van der Waals surface area contributed by atoms with E-state index in [2.05, 4.69) is 5.18 Å². The van der Waals surface area contributed by atoms with E-state index in [-0.39, 0.29) is 11.6 Å². The third kappa shape index (κ3) is 2.13. The maximum absolute atomic E-state index is 12.1. The van der Waals surface area contributed by atoms with Gasteiger partial charge in [0.25, 0.3) is 0 Å². The lowest BCUT2D eigenvalue weighted by Crippen LogP contribution is -2.23. The minimum atomic E-state index is -1.04. The van der Waals surface area contributed by atoms with E-state index in [4.69, 9.17) is 4.74 Å². The van der Waals surface area contributed by atoms with Crippen molar-refractivity contribution in [3.8, 4) is 17.0 Å². The molecule has 1 aliphatic heterocycles. The summed E-state index contributed by atoms with van der Waals surface area (Å²) in [6.45, 7) is 1.99. The number of rotatable bonds is 2. The zero-order chi connectivity index (χ0) is 15.9. The van der Waals surface area contributed by atoms with E-state index >= 15 is 0 Å². The molecule has 22 heavy (non-hydrogen) atoms. The van der Waals surface area contributed by atoms with Crippen LogP contribution in [0.3, 0.4) is 0 Å². The number of methoxy groups -OCH3 is 1. The van der Waals surface area contributed by atoms with Gasteiger partial charge in [-0.15, -0.1) is 4.91 Å². The first kappa shape index (κ1) is 14.2. The Bertz CT molecular complexity index is 839. The third-order valence-corrected chi connectivity index (χ3v) is 3.98. The van der Waals surface area contributed by atoms with Gasteiger partial charge in [-0.1, -0.05) is 6.07 Å². The van der Waals surface area contributed by atoms with Crippen LogP contribution in [0.2, 0.25) is 0 Å². The van der Waals surface area contributed by atoms with Gasteiger partial charge in [0.1, 0.15) is 11.3 Å². The number of benzene rings is 1. The largest absolute Gasteiger partial charge is 0.497 e. The molecule has 1 unspecified atom stereocenters. The van der Waals surface area contributed by atoms with Crippen LogP contribution >= 0.6 is 0 Å². The summed E-state index contributed by atoms with van der Waals surface area (Å²) >= 11 is 0. The zero-order valence-corrected chi connectivity index (χ0v) is 12.2. The van der Waals surface area contributed by atoms with Crippen LogP contribution in [0.5, 0.6) is 5.75 Å². The molecule has 0 saturated heterocycles. The number of aromatic nitrogens is 1. The molecule has 0 fully saturated rings. The van der Waals surface area contributed by atoms with Crippen LogP contribution in [0.1, 0.15) is 28.9 Å². The molecule has 2 heterocycles. The van der Waals surface area contributed by atoms with Crippen molar-refractivity contribution in [2.45, 2.75) is 19.4 Å². The smallest absolute Gasteiger partial charge is 0.322 e. The van der Waals surface area contributed by atoms with Gasteiger partial charge >= 0.3 is 5.91 Å². The highest BCUT2D eigenvalue weighted by molar-refractivity contribution is 5.94. The van der Waals surface area contributed by atoms with E-state index in [9.17, 15) is 14.5 Å². The summed E-state index contributed by atoms with van der Waals surface area (Å²) < 4.78 is 7.07. The van der Waals surface area contributed by atoms with Crippen LogP contribution in [0.25, 0.3) is 11.3 Å². The molecule has 112 valence electrons. The van der Waals surface area contributed by atoms with Gasteiger partial charge in [0.15, 0.2) is 5.43 Å². The van der Waals surface area contributed by atoms with Crippen LogP contribution in [-0.4, -0.2) is 17.6 Å². The number of nitroso groups, excluding NO2 is 1. The molecule has 2 aromatic rings. The predicted molar refractivity (Wildman–Crippen MR) is 81.2 cm³/mol. The molecule has 0 radical (unpaired) electrons. The van der Waals surface area contributed by atoms with Crippen molar-refractivity contribution in [1.29, 1.82) is 0 Å². The Morgan fingerprint density at radius 3 is 2.82 bits per heavy atom. The van der Waals surface area contributed by atoms with Crippen molar-refractivity contribution >= 4 is 5.91 Å². The normalized spacial score (nSPS) is 15.6. The number of nitrogens with zero attached hydrogens (tertiary/aromatic N) is 2. The number of pyridine rings is 1. The van der Waals surface area contributed by atoms with Gasteiger partial charge in [-0.05, 0) is 31.0 Å². The predicted octanol–water partition coefficient (Wildman–Crippen LogP) is 2.55. The number of carbonyl (C=O) groups is 1. The lowest BCUT2D eigenvalue weighted by Gasteiger charge is -2.28. The van der Waals surface area contributed by atoms with Crippen molar-refractivity contribution < 1.29 is 9.53 Å². The molecule has 1 aromatic heterocycles. The third-order valence-electron chi connectivity index (χ3n) is 3.98. The van der Waals surface area contributed by atoms with Crippen molar-refractivity contribution in [1.82, 2.24) is 4.57 Å². The highest BCUT2D eigenvalue weighted by atomic mass is 16.5. The van der Waals surface area contributed by atoms with E-state index < -0.39 is 11.3 Å². The number of hydrogen-bond acceptors (Lipinski definition) is 4. The molecule has 1 aromatic carbocycles. The summed E-state index contributed by atoms with van der Waals surface area (Å²) in [7, 11) is 1.58. The Kier molecular flexibility index (Phi) is 3.36. The fourth-order valence-corrected chi connectivity index (χ4v) is 2.86. The number of carbonyl (C=O) groups excluding carboxylic acids is 1. The average molecular weight is 298 g/mol. The first-order chi connectivity index (χ1) is 10.5. The van der Waals surface area contributed by atoms with Gasteiger partial charge < -0.3 is 9.30 Å². The fraction of sp³-hybridized carbons (Fsp3) is 0.250. The minimum absolute atomic E-state index is 0.0645. The first-order valence-corrected chi connectivity index (χ1v) is 6.86. The van der Waals surface area contributed by atoms with Crippen LogP contribution in [0, 0.1) is 4.91 Å². The van der Waals surface area contributed by atoms with Gasteiger partial charge in [-0.3, -0.25) is 9.59 Å². The Labute approximate surface area is 126 Å². The standard InChI is InChI=1S/C16H14N2O4/c1-9-5-10-3-4-11(22-2)6-12(10)14-7-15(19)13(8-18(9)14)16(20)17-21/h3-4,6-9H,5H2,1-2H3. The monoisotopic (exact) mass is 298 g/mol. The number of ether oxygens (including phenoxy) is 1. The summed E-state index contributed by atoms with van der Waals surface area (Å²) in [6, 6.07) is 7.17. The molecule has 0 saturated carbocycles. The summed E-state index contributed by atoms with van der Waals surface area (Å²) in [6.07, 6.45) is 2.19. The van der Waals surface area contributed by atoms with Gasteiger partial charge in [-0.2, -0.15) is 0 Å². The van der Waals surface area contributed by atoms with Crippen LogP contribution in [0.15, 0.2) is 40.4 Å². The second kappa shape index (κ2) is 5.22. The molecule has 6 heteroatoms. The van der Waals surface area contributed by atoms with Crippen molar-refractivity contribution in [2.24, 2.45) is 5.18 Å². The lowest BCUT2D eigenvalue weighted by atomic mass is 9.92. The molecule has 0 aliphatic carbocycles. The van der Waals surface area contributed by atoms with Crippen molar-refractivity contribution in [3.63, 3.8) is 0 Å². The molecule has 1 aliphatic rings. The van der Waals surface area contributed by atoms with E-state index in [0.29, 0.717) is 11.4 Å². The summed E-state index contributed by atoms with van der Waals surface area (Å²) in [4.78, 5) is 34.0. The Balaban J connectivity index is 2.26. The topological polar surface area (TPSA) is 77.7 Å². The number of fused-ring (bicyclic) bond motifs is 3. The molecular weight excluding hydrogens is 284 g/mol. The second-order valence-electron chi connectivity index (χ2n) is 5.32. The second-order valence-corrected chi connectivity index (χ2v) is 5.32. The first-order valence-electron chi connectivity index (χ1n) is 6.86. The van der Waals surface area contributed by atoms with E-state index in [1.807, 2.05) is 29.7 Å². The van der Waals surface area contributed by atoms with Gasteiger partial charge in [0.2, 0.25) is 0 Å². The molecule has 1 amide bonds. The Hall–Kier alpha value is -2.76. The average Bonchev–Trinajstić information content (AvgIpc) is 2.53. The van der Waals surface area contributed by atoms with Gasteiger partial charge in [0, 0.05) is 29.0 Å². The summed E-state index contributed by atoms with van der Waals surface area (Å²) in [5.41, 5.74) is 2.02. The summed E-state index contributed by atoms with van der Waals surface area (Å²) in [5.74, 6) is -0.342. The van der Waals surface area contributed by atoms with E-state index in [0.717, 1.165) is 17.5 Å². The maximum Gasteiger partial charge on any atom is 0.322 e. The number of amides is 1. The van der Waals surface area contributed by atoms with E-state index in [1.165, 1.54) is 12.3 Å². The zero-order valence-electron chi connectivity index (χ0n) is 12.2. The minimum Gasteiger partial charge on any atom is -0.497 e. The number of hydrogen-bond donors (Lipinski definition) is 0. The van der Waals surface area contributed by atoms with Gasteiger partial charge in [-0.25, -0.2) is 0 Å². The fourth-order valence-electron chi connectivity index (χ4n) is 2.86. The Morgan fingerprint density at radius 1 is 1.36 bits per heavy atom. The van der Waals surface area contributed by atoms with Crippen molar-refractivity contribution in [3.05, 3.63) is 56.7 Å². The van der Waals surface area contributed by atoms with Crippen LogP contribution in [0.4, 0.5) is 0 Å². The van der Waals surface area contributed by atoms with Crippen LogP contribution < -0.4 is 10.2 Å². The molecule has 0 N–H and O–H groups in total. The molecule has 1 atom stereocenters. The molecule has 0 spiro atoms. The SMILES string of the molecule is COc1ccc2c(c1)-c1cc(=O)c(C(=O)N=O)cn1C(C)C2. The summed E-state index contributed by atoms with van der Waals surface area (Å²) in [5, 5.41) is 2.34. The highest BCUT2D eigenvalue weighted by Crippen LogP contribution is 2.35. The lowest BCUT2D eigenvalue weighted by molar-refractivity contribution is 0.0999. The van der Waals surface area contributed by atoms with Crippen LogP contribution in [-0.2, 0) is 6.42 Å². The molecule has 3 rings (SSSR count). The molecular formula is C16H14N2O4. The maximum atomic E-state index is 12.1. The van der Waals surface area contributed by atoms with Gasteiger partial charge in [0.05, 0.1) is 12.8 Å². The van der Waals surface area contributed by atoms with E-state index in [1.54, 1.807) is 7.11 Å². The highest BCUT2D eigenvalue weighted by Gasteiger charge is 2.24. The quantitative estimate of drug-likeness (QED) is 0.798. The Morgan fingerprint density at radius 2 is 2.14 bits per heavy atom. The molecule has 6 nitrogen and oxygen atoms in total.